The number of carbonyl (C=O) groups is 1. The SMILES string of the molecule is COc1cccc(C(CNC(=O)c2ccc(-c3ccsc3)cc2)OC)c1. The Balaban J connectivity index is 1.63. The van der Waals surface area contributed by atoms with Crippen LogP contribution in [0.15, 0.2) is 65.4 Å². The van der Waals surface area contributed by atoms with E-state index in [4.69, 9.17) is 9.47 Å². The molecule has 1 amide bonds. The molecule has 2 aromatic carbocycles. The Morgan fingerprint density at radius 3 is 2.54 bits per heavy atom. The van der Waals surface area contributed by atoms with E-state index in [0.717, 1.165) is 16.9 Å². The molecule has 0 spiro atoms. The van der Waals surface area contributed by atoms with Gasteiger partial charge in [-0.25, -0.2) is 0 Å². The number of thiophene rings is 1. The van der Waals surface area contributed by atoms with Crippen LogP contribution in [0, 0.1) is 0 Å². The smallest absolute Gasteiger partial charge is 0.251 e. The first-order valence-electron chi connectivity index (χ1n) is 8.29. The lowest BCUT2D eigenvalue weighted by atomic mass is 10.1. The third kappa shape index (κ3) is 4.31. The lowest BCUT2D eigenvalue weighted by Crippen LogP contribution is -2.29. The van der Waals surface area contributed by atoms with E-state index in [1.54, 1.807) is 25.6 Å². The lowest BCUT2D eigenvalue weighted by Gasteiger charge is -2.17. The van der Waals surface area contributed by atoms with Crippen molar-refractivity contribution in [2.24, 2.45) is 0 Å². The molecule has 1 N–H and O–H groups in total. The summed E-state index contributed by atoms with van der Waals surface area (Å²) in [6.45, 7) is 0.384. The van der Waals surface area contributed by atoms with Crippen LogP contribution in [-0.4, -0.2) is 26.7 Å². The van der Waals surface area contributed by atoms with Gasteiger partial charge in [0.15, 0.2) is 0 Å². The molecule has 3 aromatic rings. The predicted octanol–water partition coefficient (Wildman–Crippen LogP) is 4.54. The van der Waals surface area contributed by atoms with E-state index in [1.807, 2.05) is 53.9 Å². The molecule has 0 aliphatic carbocycles. The maximum Gasteiger partial charge on any atom is 0.251 e. The zero-order chi connectivity index (χ0) is 18.4. The van der Waals surface area contributed by atoms with Crippen molar-refractivity contribution < 1.29 is 14.3 Å². The standard InChI is InChI=1S/C21H21NO3S/c1-24-19-5-3-4-17(12-19)20(25-2)13-22-21(23)16-8-6-15(7-9-16)18-10-11-26-14-18/h3-12,14,20H,13H2,1-2H3,(H,22,23). The highest BCUT2D eigenvalue weighted by atomic mass is 32.1. The summed E-state index contributed by atoms with van der Waals surface area (Å²) in [6.07, 6.45) is -0.237. The minimum Gasteiger partial charge on any atom is -0.497 e. The van der Waals surface area contributed by atoms with Gasteiger partial charge in [-0.1, -0.05) is 24.3 Å². The molecule has 4 nitrogen and oxygen atoms in total. The molecule has 0 fully saturated rings. The van der Waals surface area contributed by atoms with Gasteiger partial charge in [0.2, 0.25) is 0 Å². The van der Waals surface area contributed by atoms with Gasteiger partial charge in [0.05, 0.1) is 13.2 Å². The number of amides is 1. The number of hydrogen-bond donors (Lipinski definition) is 1. The van der Waals surface area contributed by atoms with Gasteiger partial charge in [0, 0.05) is 19.2 Å². The third-order valence-corrected chi connectivity index (χ3v) is 4.88. The molecule has 1 atom stereocenters. The Labute approximate surface area is 157 Å². The normalized spacial score (nSPS) is 11.8. The maximum absolute atomic E-state index is 12.4. The molecular weight excluding hydrogens is 346 g/mol. The van der Waals surface area contributed by atoms with Crippen LogP contribution in [0.5, 0.6) is 5.75 Å². The van der Waals surface area contributed by atoms with Crippen molar-refractivity contribution in [3.63, 3.8) is 0 Å². The molecule has 134 valence electrons. The summed E-state index contributed by atoms with van der Waals surface area (Å²) in [4.78, 5) is 12.4. The van der Waals surface area contributed by atoms with Crippen molar-refractivity contribution in [2.45, 2.75) is 6.10 Å². The maximum atomic E-state index is 12.4. The second kappa shape index (κ2) is 8.65. The van der Waals surface area contributed by atoms with Gasteiger partial charge >= 0.3 is 0 Å². The summed E-state index contributed by atoms with van der Waals surface area (Å²) in [5.74, 6) is 0.645. The van der Waals surface area contributed by atoms with E-state index in [-0.39, 0.29) is 12.0 Å². The van der Waals surface area contributed by atoms with Gasteiger partial charge in [0.1, 0.15) is 5.75 Å². The van der Waals surface area contributed by atoms with E-state index in [0.29, 0.717) is 12.1 Å². The summed E-state index contributed by atoms with van der Waals surface area (Å²) >= 11 is 1.66. The van der Waals surface area contributed by atoms with Gasteiger partial charge < -0.3 is 14.8 Å². The quantitative estimate of drug-likeness (QED) is 0.667. The van der Waals surface area contributed by atoms with Gasteiger partial charge in [-0.15, -0.1) is 0 Å². The molecule has 0 aliphatic rings. The molecule has 0 aliphatic heterocycles. The van der Waals surface area contributed by atoms with Crippen LogP contribution in [0.1, 0.15) is 22.0 Å². The first kappa shape index (κ1) is 18.2. The molecule has 1 unspecified atom stereocenters. The summed E-state index contributed by atoms with van der Waals surface area (Å²) in [6, 6.07) is 17.3. The van der Waals surface area contributed by atoms with E-state index >= 15 is 0 Å². The zero-order valence-corrected chi connectivity index (χ0v) is 15.6. The molecule has 26 heavy (non-hydrogen) atoms. The highest BCUT2D eigenvalue weighted by Gasteiger charge is 2.14. The minimum absolute atomic E-state index is 0.119. The topological polar surface area (TPSA) is 47.6 Å². The summed E-state index contributed by atoms with van der Waals surface area (Å²) in [5, 5.41) is 7.07. The molecule has 5 heteroatoms. The first-order valence-corrected chi connectivity index (χ1v) is 9.23. The Morgan fingerprint density at radius 1 is 1.08 bits per heavy atom. The fraction of sp³-hybridized carbons (Fsp3) is 0.190. The largest absolute Gasteiger partial charge is 0.497 e. The highest BCUT2D eigenvalue weighted by molar-refractivity contribution is 7.08. The molecular formula is C21H21NO3S. The predicted molar refractivity (Wildman–Crippen MR) is 105 cm³/mol. The summed E-state index contributed by atoms with van der Waals surface area (Å²) < 4.78 is 10.8. The Morgan fingerprint density at radius 2 is 1.88 bits per heavy atom. The number of rotatable bonds is 7. The van der Waals surface area contributed by atoms with Crippen LogP contribution >= 0.6 is 11.3 Å². The van der Waals surface area contributed by atoms with E-state index < -0.39 is 0 Å². The molecule has 0 saturated heterocycles. The Kier molecular flexibility index (Phi) is 6.04. The van der Waals surface area contributed by atoms with Gasteiger partial charge in [-0.3, -0.25) is 4.79 Å². The molecule has 1 heterocycles. The van der Waals surface area contributed by atoms with E-state index in [9.17, 15) is 4.79 Å². The van der Waals surface area contributed by atoms with E-state index in [2.05, 4.69) is 16.8 Å². The zero-order valence-electron chi connectivity index (χ0n) is 14.8. The van der Waals surface area contributed by atoms with Gasteiger partial charge in [-0.05, 0) is 57.8 Å². The number of carbonyl (C=O) groups excluding carboxylic acids is 1. The van der Waals surface area contributed by atoms with E-state index in [1.165, 1.54) is 5.56 Å². The number of benzene rings is 2. The number of hydrogen-bond acceptors (Lipinski definition) is 4. The lowest BCUT2D eigenvalue weighted by molar-refractivity contribution is 0.0827. The molecule has 0 radical (unpaired) electrons. The third-order valence-electron chi connectivity index (χ3n) is 4.20. The fourth-order valence-electron chi connectivity index (χ4n) is 2.71. The van der Waals surface area contributed by atoms with Crippen LogP contribution in [-0.2, 0) is 4.74 Å². The number of ether oxygens (including phenoxy) is 2. The van der Waals surface area contributed by atoms with Crippen molar-refractivity contribution in [1.29, 1.82) is 0 Å². The van der Waals surface area contributed by atoms with Crippen molar-refractivity contribution in [2.75, 3.05) is 20.8 Å². The van der Waals surface area contributed by atoms with Gasteiger partial charge in [0.25, 0.3) is 5.91 Å². The fourth-order valence-corrected chi connectivity index (χ4v) is 3.37. The van der Waals surface area contributed by atoms with Crippen LogP contribution < -0.4 is 10.1 Å². The highest BCUT2D eigenvalue weighted by Crippen LogP contribution is 2.23. The molecule has 3 rings (SSSR count). The average Bonchev–Trinajstić information content (AvgIpc) is 3.23. The second-order valence-electron chi connectivity index (χ2n) is 5.80. The Hall–Kier alpha value is -2.63. The molecule has 0 bridgehead atoms. The average molecular weight is 367 g/mol. The van der Waals surface area contributed by atoms with Crippen molar-refractivity contribution >= 4 is 17.2 Å². The van der Waals surface area contributed by atoms with Gasteiger partial charge in [-0.2, -0.15) is 11.3 Å². The van der Waals surface area contributed by atoms with Crippen LogP contribution in [0.2, 0.25) is 0 Å². The number of methoxy groups -OCH3 is 2. The first-order chi connectivity index (χ1) is 12.7. The van der Waals surface area contributed by atoms with Crippen molar-refractivity contribution in [3.05, 3.63) is 76.5 Å². The summed E-state index contributed by atoms with van der Waals surface area (Å²) in [5.41, 5.74) is 3.86. The second-order valence-corrected chi connectivity index (χ2v) is 6.58. The minimum atomic E-state index is -0.237. The number of nitrogens with one attached hydrogen (secondary N) is 1. The van der Waals surface area contributed by atoms with Crippen molar-refractivity contribution in [3.8, 4) is 16.9 Å². The van der Waals surface area contributed by atoms with Crippen molar-refractivity contribution in [1.82, 2.24) is 5.32 Å². The van der Waals surface area contributed by atoms with Crippen LogP contribution in [0.4, 0.5) is 0 Å². The molecule has 0 saturated carbocycles. The molecule has 1 aromatic heterocycles. The monoisotopic (exact) mass is 367 g/mol. The van der Waals surface area contributed by atoms with Crippen LogP contribution in [0.3, 0.4) is 0 Å². The van der Waals surface area contributed by atoms with Crippen LogP contribution in [0.25, 0.3) is 11.1 Å². The summed E-state index contributed by atoms with van der Waals surface area (Å²) in [7, 11) is 3.26. The Bertz CT molecular complexity index is 844.